The van der Waals surface area contributed by atoms with Crippen molar-refractivity contribution in [3.8, 4) is 11.5 Å². The molecule has 0 atom stereocenters. The maximum Gasteiger partial charge on any atom is 0.267 e. The van der Waals surface area contributed by atoms with Crippen molar-refractivity contribution in [2.75, 3.05) is 19.9 Å². The first-order valence-electron chi connectivity index (χ1n) is 8.99. The molecule has 0 spiro atoms. The van der Waals surface area contributed by atoms with E-state index in [0.717, 1.165) is 43.2 Å². The highest BCUT2D eigenvalue weighted by atomic mass is 16.7. The Kier molecular flexibility index (Phi) is 6.51. The van der Waals surface area contributed by atoms with Gasteiger partial charge in [0.05, 0.1) is 6.54 Å². The Hall–Kier alpha value is -2.77. The summed E-state index contributed by atoms with van der Waals surface area (Å²) in [5.41, 5.74) is 2.75. The summed E-state index contributed by atoms with van der Waals surface area (Å²) in [5.74, 6) is 2.42. The number of furan rings is 1. The van der Waals surface area contributed by atoms with E-state index in [-0.39, 0.29) is 6.79 Å². The molecule has 0 saturated carbocycles. The van der Waals surface area contributed by atoms with E-state index < -0.39 is 5.91 Å². The van der Waals surface area contributed by atoms with Crippen LogP contribution in [0.5, 0.6) is 11.5 Å². The number of carbonyl (C=O) groups excluding carboxylic acids is 1. The normalized spacial score (nSPS) is 12.9. The third kappa shape index (κ3) is 5.35. The number of ether oxygens (including phenoxy) is 2. The lowest BCUT2D eigenvalue weighted by molar-refractivity contribution is -0.124. The molecule has 1 aliphatic rings. The number of hydroxylamine groups is 1. The summed E-state index contributed by atoms with van der Waals surface area (Å²) in [4.78, 5) is 13.4. The lowest BCUT2D eigenvalue weighted by Gasteiger charge is -2.20. The van der Waals surface area contributed by atoms with E-state index >= 15 is 0 Å². The minimum atomic E-state index is -0.593. The molecule has 3 rings (SSSR count). The number of benzene rings is 1. The maximum atomic E-state index is 11.0. The van der Waals surface area contributed by atoms with Gasteiger partial charge in [-0.15, -0.1) is 0 Å². The monoisotopic (exact) mass is 372 g/mol. The van der Waals surface area contributed by atoms with Gasteiger partial charge in [0.2, 0.25) is 6.79 Å². The van der Waals surface area contributed by atoms with Crippen LogP contribution in [0.1, 0.15) is 30.4 Å². The Morgan fingerprint density at radius 3 is 2.89 bits per heavy atom. The highest BCUT2D eigenvalue weighted by Gasteiger charge is 2.14. The van der Waals surface area contributed by atoms with Crippen LogP contribution in [0.4, 0.5) is 0 Å². The van der Waals surface area contributed by atoms with Crippen LogP contribution in [-0.4, -0.2) is 35.9 Å². The fourth-order valence-electron chi connectivity index (χ4n) is 2.95. The molecule has 2 heterocycles. The zero-order valence-electron chi connectivity index (χ0n) is 15.3. The second-order valence-corrected chi connectivity index (χ2v) is 6.33. The minimum absolute atomic E-state index is 0.288. The van der Waals surface area contributed by atoms with Gasteiger partial charge in [0.1, 0.15) is 11.5 Å². The lowest BCUT2D eigenvalue weighted by Crippen LogP contribution is -2.26. The van der Waals surface area contributed by atoms with E-state index in [2.05, 4.69) is 17.9 Å². The lowest BCUT2D eigenvalue weighted by atomic mass is 10.1. The number of hydrogen-bond acceptors (Lipinski definition) is 6. The summed E-state index contributed by atoms with van der Waals surface area (Å²) in [6, 6.07) is 9.77. The molecule has 0 fully saturated rings. The van der Waals surface area contributed by atoms with Crippen molar-refractivity contribution < 1.29 is 23.9 Å². The summed E-state index contributed by atoms with van der Waals surface area (Å²) in [6.07, 6.45) is 4.68. The summed E-state index contributed by atoms with van der Waals surface area (Å²) in [5, 5.41) is 8.50. The summed E-state index contributed by atoms with van der Waals surface area (Å²) in [7, 11) is 0. The highest BCUT2D eigenvalue weighted by molar-refractivity contribution is 5.90. The first-order chi connectivity index (χ1) is 13.2. The Morgan fingerprint density at radius 2 is 2.07 bits per heavy atom. The Morgan fingerprint density at radius 1 is 1.22 bits per heavy atom. The largest absolute Gasteiger partial charge is 0.460 e. The van der Waals surface area contributed by atoms with Gasteiger partial charge in [-0.25, -0.2) is 5.48 Å². The molecule has 0 unspecified atom stereocenters. The number of carbonyl (C=O) groups is 1. The second-order valence-electron chi connectivity index (χ2n) is 6.33. The van der Waals surface area contributed by atoms with Crippen molar-refractivity contribution in [2.45, 2.75) is 26.3 Å². The average molecular weight is 372 g/mol. The number of hydrogen-bond donors (Lipinski definition) is 2. The number of nitrogens with one attached hydrogen (secondary N) is 1. The van der Waals surface area contributed by atoms with Gasteiger partial charge in [0.25, 0.3) is 5.91 Å². The average Bonchev–Trinajstić information content (AvgIpc) is 3.33. The van der Waals surface area contributed by atoms with E-state index in [1.54, 1.807) is 11.5 Å². The third-order valence-electron chi connectivity index (χ3n) is 4.26. The molecule has 1 aromatic carbocycles. The smallest absolute Gasteiger partial charge is 0.267 e. The van der Waals surface area contributed by atoms with Crippen molar-refractivity contribution >= 4 is 12.0 Å². The molecule has 1 aliphatic heterocycles. The van der Waals surface area contributed by atoms with Gasteiger partial charge < -0.3 is 13.9 Å². The molecule has 0 radical (unpaired) electrons. The van der Waals surface area contributed by atoms with Gasteiger partial charge in [0, 0.05) is 12.6 Å². The molecule has 7 heteroatoms. The van der Waals surface area contributed by atoms with Gasteiger partial charge >= 0.3 is 0 Å². The molecule has 144 valence electrons. The predicted molar refractivity (Wildman–Crippen MR) is 99.5 cm³/mol. The molecule has 0 bridgehead atoms. The van der Waals surface area contributed by atoms with Crippen LogP contribution in [0.25, 0.3) is 6.08 Å². The van der Waals surface area contributed by atoms with Crippen LogP contribution in [0, 0.1) is 0 Å². The van der Waals surface area contributed by atoms with Gasteiger partial charge in [-0.1, -0.05) is 13.0 Å². The van der Waals surface area contributed by atoms with Crippen molar-refractivity contribution in [3.63, 3.8) is 0 Å². The molecule has 0 aliphatic carbocycles. The van der Waals surface area contributed by atoms with Crippen LogP contribution < -0.4 is 15.0 Å². The molecular weight excluding hydrogens is 348 g/mol. The molecule has 0 saturated heterocycles. The van der Waals surface area contributed by atoms with E-state index in [1.165, 1.54) is 17.7 Å². The van der Waals surface area contributed by atoms with Crippen LogP contribution in [0.15, 0.2) is 40.8 Å². The van der Waals surface area contributed by atoms with Crippen LogP contribution >= 0.6 is 0 Å². The van der Waals surface area contributed by atoms with Gasteiger partial charge in [-0.2, -0.15) is 0 Å². The molecule has 1 amide bonds. The van der Waals surface area contributed by atoms with Crippen LogP contribution in [0.2, 0.25) is 0 Å². The van der Waals surface area contributed by atoms with Gasteiger partial charge in [0.15, 0.2) is 11.5 Å². The first kappa shape index (κ1) is 19.0. The summed E-state index contributed by atoms with van der Waals surface area (Å²) in [6.45, 7) is 4.99. The van der Waals surface area contributed by atoms with Crippen molar-refractivity contribution in [1.29, 1.82) is 0 Å². The Bertz CT molecular complexity index is 799. The number of nitrogens with zero attached hydrogens (tertiary/aromatic N) is 1. The van der Waals surface area contributed by atoms with Crippen molar-refractivity contribution in [3.05, 3.63) is 53.5 Å². The summed E-state index contributed by atoms with van der Waals surface area (Å²) >= 11 is 0. The fourth-order valence-corrected chi connectivity index (χ4v) is 2.95. The Balaban J connectivity index is 1.56. The number of amides is 1. The van der Waals surface area contributed by atoms with Crippen LogP contribution in [-0.2, 0) is 17.8 Å². The molecule has 2 N–H and O–H groups in total. The van der Waals surface area contributed by atoms with Gasteiger partial charge in [-0.3, -0.25) is 14.9 Å². The molecule has 7 nitrogen and oxygen atoms in total. The minimum Gasteiger partial charge on any atom is -0.460 e. The van der Waals surface area contributed by atoms with E-state index in [9.17, 15) is 4.79 Å². The molecular formula is C20H24N2O5. The second kappa shape index (κ2) is 9.25. The first-order valence-corrected chi connectivity index (χ1v) is 8.99. The molecule has 27 heavy (non-hydrogen) atoms. The number of rotatable bonds is 9. The number of fused-ring (bicyclic) bond motifs is 1. The Labute approximate surface area is 158 Å². The SMILES string of the molecule is CCCN(CCc1ccc2c(c1)OCO2)Cc1ccc(/C=C/C(=O)NO)o1. The maximum absolute atomic E-state index is 11.0. The van der Waals surface area contributed by atoms with E-state index in [0.29, 0.717) is 12.3 Å². The van der Waals surface area contributed by atoms with Crippen LogP contribution in [0.3, 0.4) is 0 Å². The fraction of sp³-hybridized carbons (Fsp3) is 0.350. The zero-order valence-corrected chi connectivity index (χ0v) is 15.3. The third-order valence-corrected chi connectivity index (χ3v) is 4.26. The van der Waals surface area contributed by atoms with Crippen molar-refractivity contribution in [2.24, 2.45) is 0 Å². The molecule has 1 aromatic heterocycles. The zero-order chi connectivity index (χ0) is 19.1. The standard InChI is InChI=1S/C20H24N2O5/c1-2-10-22(11-9-15-3-7-18-19(12-15)26-14-25-18)13-17-5-4-16(27-17)6-8-20(23)21-24/h3-8,12,24H,2,9-11,13-14H2,1H3,(H,21,23)/b8-6+. The summed E-state index contributed by atoms with van der Waals surface area (Å²) < 4.78 is 16.5. The van der Waals surface area contributed by atoms with Gasteiger partial charge in [-0.05, 0) is 55.3 Å². The van der Waals surface area contributed by atoms with E-state index in [4.69, 9.17) is 19.1 Å². The highest BCUT2D eigenvalue weighted by Crippen LogP contribution is 2.32. The predicted octanol–water partition coefficient (Wildman–Crippen LogP) is 2.98. The molecule has 2 aromatic rings. The van der Waals surface area contributed by atoms with E-state index in [1.807, 2.05) is 18.2 Å². The van der Waals surface area contributed by atoms with Crippen molar-refractivity contribution in [1.82, 2.24) is 10.4 Å². The topological polar surface area (TPSA) is 84.2 Å². The quantitative estimate of drug-likeness (QED) is 0.400.